The Kier molecular flexibility index (Phi) is 3.72. The van der Waals surface area contributed by atoms with Crippen molar-refractivity contribution < 1.29 is 0 Å². The van der Waals surface area contributed by atoms with Crippen molar-refractivity contribution in [3.05, 3.63) is 133 Å². The van der Waals surface area contributed by atoms with E-state index in [1.807, 2.05) is 0 Å². The van der Waals surface area contributed by atoms with E-state index in [-0.39, 0.29) is 0 Å². The van der Waals surface area contributed by atoms with Crippen LogP contribution >= 0.6 is 0 Å². The summed E-state index contributed by atoms with van der Waals surface area (Å²) in [6.45, 7) is 0. The first kappa shape index (κ1) is 19.0. The number of hydrogen-bond acceptors (Lipinski definition) is 0. The summed E-state index contributed by atoms with van der Waals surface area (Å²) in [5.41, 5.74) is 10.5. The highest BCUT2D eigenvalue weighted by Crippen LogP contribution is 2.46. The molecule has 0 amide bonds. The maximum absolute atomic E-state index is 2.72. The van der Waals surface area contributed by atoms with Gasteiger partial charge in [-0.2, -0.15) is 0 Å². The maximum atomic E-state index is 2.72. The van der Waals surface area contributed by atoms with Crippen molar-refractivity contribution in [3.63, 3.8) is 0 Å². The monoisotopic (exact) mass is 462 g/mol. The number of aromatic nitrogens is 2. The molecule has 0 aliphatic carbocycles. The zero-order chi connectivity index (χ0) is 23.0. The SMILES string of the molecule is c1ccc(-c2ccc3n2[Si]2(c4ccccc4-c4ccccc42)n2c(-c4ccccc4)ccc2-3)cc1. The van der Waals surface area contributed by atoms with Crippen LogP contribution in [0, 0.1) is 0 Å². The van der Waals surface area contributed by atoms with Gasteiger partial charge in [0.2, 0.25) is 0 Å². The summed E-state index contributed by atoms with van der Waals surface area (Å²) in [5, 5.41) is 2.92. The van der Waals surface area contributed by atoms with Gasteiger partial charge < -0.3 is 8.47 Å². The Bertz CT molecular complexity index is 1610. The molecule has 164 valence electrons. The van der Waals surface area contributed by atoms with Crippen LogP contribution < -0.4 is 10.4 Å². The van der Waals surface area contributed by atoms with E-state index in [4.69, 9.17) is 0 Å². The summed E-state index contributed by atoms with van der Waals surface area (Å²) in [4.78, 5) is 0. The summed E-state index contributed by atoms with van der Waals surface area (Å²) in [6, 6.07) is 49.2. The van der Waals surface area contributed by atoms with Crippen molar-refractivity contribution in [2.75, 3.05) is 0 Å². The zero-order valence-corrected chi connectivity index (χ0v) is 20.1. The minimum atomic E-state index is -2.67. The van der Waals surface area contributed by atoms with Crippen LogP contribution in [0.3, 0.4) is 0 Å². The van der Waals surface area contributed by atoms with Crippen LogP contribution in [-0.4, -0.2) is 16.9 Å². The predicted octanol–water partition coefficient (Wildman–Crippen LogP) is 6.24. The molecule has 0 saturated heterocycles. The fourth-order valence-corrected chi connectivity index (χ4v) is 11.9. The standard InChI is InChI=1S/C32H22N2Si/c1-3-11-23(12-4-1)27-19-21-29-30-22-20-28(24-13-5-2-6-14-24)34(30)35(33(27)29)31-17-9-7-15-25(31)26-16-8-10-18-32(26)35/h1-22H. The fourth-order valence-electron chi connectivity index (χ4n) is 6.41. The van der Waals surface area contributed by atoms with Crippen LogP contribution in [0.5, 0.6) is 0 Å². The van der Waals surface area contributed by atoms with Gasteiger partial charge in [0.25, 0.3) is 0 Å². The van der Waals surface area contributed by atoms with Gasteiger partial charge in [-0.05, 0) is 56.9 Å². The quantitative estimate of drug-likeness (QED) is 0.269. The first-order valence-corrected chi connectivity index (χ1v) is 14.0. The topological polar surface area (TPSA) is 9.86 Å². The molecule has 0 N–H and O–H groups in total. The van der Waals surface area contributed by atoms with Crippen molar-refractivity contribution in [2.45, 2.75) is 0 Å². The average molecular weight is 463 g/mol. The second-order valence-corrected chi connectivity index (χ2v) is 12.7. The number of rotatable bonds is 2. The second-order valence-electron chi connectivity index (χ2n) is 9.37. The third-order valence-corrected chi connectivity index (χ3v) is 12.3. The number of hydrogen-bond donors (Lipinski definition) is 0. The molecular weight excluding hydrogens is 440 g/mol. The summed E-state index contributed by atoms with van der Waals surface area (Å²) in [6.07, 6.45) is 0. The van der Waals surface area contributed by atoms with E-state index in [9.17, 15) is 0 Å². The minimum Gasteiger partial charge on any atom is -0.341 e. The molecule has 8 rings (SSSR count). The first-order valence-electron chi connectivity index (χ1n) is 12.1. The summed E-state index contributed by atoms with van der Waals surface area (Å²) in [5.74, 6) is 0. The van der Waals surface area contributed by atoms with E-state index in [0.29, 0.717) is 0 Å². The molecular formula is C32H22N2Si. The van der Waals surface area contributed by atoms with Crippen molar-refractivity contribution >= 4 is 18.8 Å². The van der Waals surface area contributed by atoms with Gasteiger partial charge in [0.05, 0.1) is 11.4 Å². The molecule has 2 aromatic heterocycles. The third-order valence-electron chi connectivity index (χ3n) is 7.71. The summed E-state index contributed by atoms with van der Waals surface area (Å²) in [7, 11) is -2.67. The number of benzene rings is 4. The van der Waals surface area contributed by atoms with Crippen LogP contribution in [-0.2, 0) is 0 Å². The maximum Gasteiger partial charge on any atom is 0.341 e. The molecule has 6 aromatic rings. The largest absolute Gasteiger partial charge is 0.341 e. The average Bonchev–Trinajstić information content (AvgIpc) is 3.67. The molecule has 4 heterocycles. The highest BCUT2D eigenvalue weighted by Gasteiger charge is 2.57. The van der Waals surface area contributed by atoms with Gasteiger partial charge in [-0.25, -0.2) is 0 Å². The molecule has 1 spiro atoms. The molecule has 4 aromatic carbocycles. The van der Waals surface area contributed by atoms with Gasteiger partial charge in [0.1, 0.15) is 0 Å². The van der Waals surface area contributed by atoms with E-state index in [1.54, 1.807) is 0 Å². The molecule has 0 radical (unpaired) electrons. The lowest BCUT2D eigenvalue weighted by molar-refractivity contribution is 1.15. The van der Waals surface area contributed by atoms with E-state index in [0.717, 1.165) is 0 Å². The smallest absolute Gasteiger partial charge is 0.341 e. The molecule has 35 heavy (non-hydrogen) atoms. The van der Waals surface area contributed by atoms with Gasteiger partial charge in [-0.15, -0.1) is 0 Å². The van der Waals surface area contributed by atoms with Crippen molar-refractivity contribution in [2.24, 2.45) is 0 Å². The van der Waals surface area contributed by atoms with Crippen molar-refractivity contribution in [1.82, 2.24) is 8.47 Å². The van der Waals surface area contributed by atoms with E-state index in [2.05, 4.69) is 142 Å². The fraction of sp³-hybridized carbons (Fsp3) is 0. The Morgan fingerprint density at radius 3 is 1.17 bits per heavy atom. The van der Waals surface area contributed by atoms with Gasteiger partial charge in [0, 0.05) is 11.4 Å². The van der Waals surface area contributed by atoms with E-state index >= 15 is 0 Å². The Labute approximate surface area is 205 Å². The van der Waals surface area contributed by atoms with Gasteiger partial charge in [0.15, 0.2) is 0 Å². The lowest BCUT2D eigenvalue weighted by Gasteiger charge is -2.32. The Morgan fingerprint density at radius 2 is 0.714 bits per heavy atom. The lowest BCUT2D eigenvalue weighted by atomic mass is 10.1. The minimum absolute atomic E-state index is 1.26. The van der Waals surface area contributed by atoms with Crippen LogP contribution in [0.4, 0.5) is 0 Å². The van der Waals surface area contributed by atoms with Crippen LogP contribution in [0.2, 0.25) is 0 Å². The molecule has 2 aliphatic rings. The van der Waals surface area contributed by atoms with E-state index in [1.165, 1.54) is 55.4 Å². The molecule has 2 nitrogen and oxygen atoms in total. The molecule has 0 atom stereocenters. The third kappa shape index (κ3) is 2.28. The molecule has 0 bridgehead atoms. The summed E-state index contributed by atoms with van der Waals surface area (Å²) < 4.78 is 5.43. The first-order chi connectivity index (χ1) is 17.4. The van der Waals surface area contributed by atoms with Crippen molar-refractivity contribution in [3.8, 4) is 45.0 Å². The van der Waals surface area contributed by atoms with Gasteiger partial charge in [-0.1, -0.05) is 109 Å². The highest BCUT2D eigenvalue weighted by atomic mass is 28.3. The Balaban J connectivity index is 1.57. The van der Waals surface area contributed by atoms with Gasteiger partial charge in [-0.3, -0.25) is 0 Å². The Hall–Kier alpha value is -4.34. The Morgan fingerprint density at radius 1 is 0.343 bits per heavy atom. The summed E-state index contributed by atoms with van der Waals surface area (Å²) >= 11 is 0. The van der Waals surface area contributed by atoms with Crippen LogP contribution in [0.15, 0.2) is 133 Å². The normalized spacial score (nSPS) is 13.9. The van der Waals surface area contributed by atoms with Crippen molar-refractivity contribution in [1.29, 1.82) is 0 Å². The molecule has 0 fully saturated rings. The lowest BCUT2D eigenvalue weighted by Crippen LogP contribution is -2.65. The molecule has 2 aliphatic heterocycles. The van der Waals surface area contributed by atoms with E-state index < -0.39 is 8.40 Å². The number of fused-ring (bicyclic) bond motifs is 10. The highest BCUT2D eigenvalue weighted by molar-refractivity contribution is 7.04. The molecule has 0 unspecified atom stereocenters. The van der Waals surface area contributed by atoms with Crippen LogP contribution in [0.1, 0.15) is 0 Å². The van der Waals surface area contributed by atoms with Gasteiger partial charge >= 0.3 is 8.40 Å². The zero-order valence-electron chi connectivity index (χ0n) is 19.1. The molecule has 3 heteroatoms. The number of nitrogens with zero attached hydrogens (tertiary/aromatic N) is 2. The van der Waals surface area contributed by atoms with Crippen LogP contribution in [0.25, 0.3) is 45.0 Å². The predicted molar refractivity (Wildman–Crippen MR) is 146 cm³/mol. The second kappa shape index (κ2) is 6.84. The molecule has 0 saturated carbocycles.